The number of carboxylic acid groups (broad SMARTS) is 1. The summed E-state index contributed by atoms with van der Waals surface area (Å²) in [6, 6.07) is 0. The lowest BCUT2D eigenvalue weighted by atomic mass is 9.97. The van der Waals surface area contributed by atoms with Gasteiger partial charge in [0.2, 0.25) is 0 Å². The van der Waals surface area contributed by atoms with Crippen molar-refractivity contribution >= 4 is 5.97 Å². The maximum Gasteiger partial charge on any atom is 0.303 e. The number of carboxylic acids is 1. The van der Waals surface area contributed by atoms with Crippen molar-refractivity contribution in [3.8, 4) is 0 Å². The zero-order chi connectivity index (χ0) is 13.3. The minimum Gasteiger partial charge on any atom is -0.481 e. The van der Waals surface area contributed by atoms with E-state index in [0.29, 0.717) is 12.5 Å². The summed E-state index contributed by atoms with van der Waals surface area (Å²) in [6.07, 6.45) is 3.44. The normalized spacial score (nSPS) is 13.6. The number of hydrogen-bond acceptors (Lipinski definition) is 3. The quantitative estimate of drug-likeness (QED) is 0.515. The van der Waals surface area contributed by atoms with Crippen LogP contribution in [0.15, 0.2) is 0 Å². The second-order valence-corrected chi connectivity index (χ2v) is 4.93. The molecule has 0 saturated carbocycles. The molecule has 0 aromatic heterocycles. The van der Waals surface area contributed by atoms with Gasteiger partial charge in [-0.1, -0.05) is 20.8 Å². The summed E-state index contributed by atoms with van der Waals surface area (Å²) in [7, 11) is 0. The molecule has 4 heteroatoms. The van der Waals surface area contributed by atoms with Crippen LogP contribution in [0.1, 0.15) is 52.9 Å². The van der Waals surface area contributed by atoms with Crippen LogP contribution < -0.4 is 5.32 Å². The van der Waals surface area contributed by atoms with Gasteiger partial charge in [-0.05, 0) is 38.1 Å². The molecular formula is C13H27NO3. The van der Waals surface area contributed by atoms with Crippen LogP contribution in [-0.2, 0) is 4.79 Å². The first-order chi connectivity index (χ1) is 7.93. The lowest BCUT2D eigenvalue weighted by molar-refractivity contribution is -0.137. The minimum atomic E-state index is -0.726. The van der Waals surface area contributed by atoms with Crippen LogP contribution >= 0.6 is 0 Å². The Morgan fingerprint density at radius 1 is 1.29 bits per heavy atom. The Bertz CT molecular complexity index is 215. The Morgan fingerprint density at radius 2 is 1.88 bits per heavy atom. The first-order valence-electron chi connectivity index (χ1n) is 6.58. The highest BCUT2D eigenvalue weighted by Gasteiger charge is 2.21. The summed E-state index contributed by atoms with van der Waals surface area (Å²) in [5, 5.41) is 21.8. The zero-order valence-corrected chi connectivity index (χ0v) is 11.3. The maximum atomic E-state index is 10.4. The smallest absolute Gasteiger partial charge is 0.303 e. The predicted molar refractivity (Wildman–Crippen MR) is 69.1 cm³/mol. The SMILES string of the molecule is CCC(O)(CC)CNCCC(C)CCC(=O)O. The van der Waals surface area contributed by atoms with E-state index in [1.807, 2.05) is 13.8 Å². The van der Waals surface area contributed by atoms with Gasteiger partial charge >= 0.3 is 5.97 Å². The molecule has 0 bridgehead atoms. The van der Waals surface area contributed by atoms with Crippen LogP contribution in [0.2, 0.25) is 0 Å². The Kier molecular flexibility index (Phi) is 8.17. The number of hydrogen-bond donors (Lipinski definition) is 3. The van der Waals surface area contributed by atoms with Crippen molar-refractivity contribution in [2.24, 2.45) is 5.92 Å². The third-order valence-electron chi connectivity index (χ3n) is 3.44. The van der Waals surface area contributed by atoms with Gasteiger partial charge in [0, 0.05) is 13.0 Å². The molecule has 0 aliphatic heterocycles. The lowest BCUT2D eigenvalue weighted by Crippen LogP contribution is -2.40. The van der Waals surface area contributed by atoms with E-state index in [0.717, 1.165) is 32.2 Å². The largest absolute Gasteiger partial charge is 0.481 e. The number of carbonyl (C=O) groups is 1. The minimum absolute atomic E-state index is 0.245. The highest BCUT2D eigenvalue weighted by molar-refractivity contribution is 5.66. The molecule has 0 aliphatic rings. The van der Waals surface area contributed by atoms with E-state index in [2.05, 4.69) is 12.2 Å². The van der Waals surface area contributed by atoms with Crippen molar-refractivity contribution in [1.29, 1.82) is 0 Å². The first kappa shape index (κ1) is 16.4. The summed E-state index contributed by atoms with van der Waals surface area (Å²) >= 11 is 0. The molecule has 0 rings (SSSR count). The molecule has 3 N–H and O–H groups in total. The summed E-state index contributed by atoms with van der Waals surface area (Å²) in [4.78, 5) is 10.4. The van der Waals surface area contributed by atoms with Gasteiger partial charge in [0.15, 0.2) is 0 Å². The molecule has 0 fully saturated rings. The molecule has 0 aliphatic carbocycles. The van der Waals surface area contributed by atoms with Gasteiger partial charge in [-0.15, -0.1) is 0 Å². The van der Waals surface area contributed by atoms with E-state index < -0.39 is 11.6 Å². The van der Waals surface area contributed by atoms with Crippen molar-refractivity contribution in [2.45, 2.75) is 58.5 Å². The molecule has 0 radical (unpaired) electrons. The lowest BCUT2D eigenvalue weighted by Gasteiger charge is -2.25. The van der Waals surface area contributed by atoms with Gasteiger partial charge < -0.3 is 15.5 Å². The van der Waals surface area contributed by atoms with E-state index >= 15 is 0 Å². The standard InChI is InChI=1S/C13H27NO3/c1-4-13(17,5-2)10-14-9-8-11(3)6-7-12(15)16/h11,14,17H,4-10H2,1-3H3,(H,15,16). The Balaban J connectivity index is 3.60. The predicted octanol–water partition coefficient (Wildman–Crippen LogP) is 2.02. The molecule has 102 valence electrons. The molecule has 0 spiro atoms. The summed E-state index contributed by atoms with van der Waals surface area (Å²) in [5.41, 5.74) is -0.593. The fourth-order valence-electron chi connectivity index (χ4n) is 1.68. The first-order valence-corrected chi connectivity index (χ1v) is 6.58. The van der Waals surface area contributed by atoms with Crippen LogP contribution in [0.5, 0.6) is 0 Å². The molecule has 4 nitrogen and oxygen atoms in total. The van der Waals surface area contributed by atoms with E-state index in [1.165, 1.54) is 0 Å². The molecular weight excluding hydrogens is 218 g/mol. The molecule has 0 aromatic carbocycles. The highest BCUT2D eigenvalue weighted by atomic mass is 16.4. The molecule has 17 heavy (non-hydrogen) atoms. The van der Waals surface area contributed by atoms with Gasteiger partial charge in [0.05, 0.1) is 5.60 Å². The van der Waals surface area contributed by atoms with Crippen molar-refractivity contribution < 1.29 is 15.0 Å². The number of aliphatic hydroxyl groups is 1. The topological polar surface area (TPSA) is 69.6 Å². The van der Waals surface area contributed by atoms with Crippen molar-refractivity contribution in [3.05, 3.63) is 0 Å². The van der Waals surface area contributed by atoms with Crippen molar-refractivity contribution in [3.63, 3.8) is 0 Å². The number of rotatable bonds is 10. The van der Waals surface area contributed by atoms with Crippen LogP contribution in [0.3, 0.4) is 0 Å². The van der Waals surface area contributed by atoms with Crippen molar-refractivity contribution in [1.82, 2.24) is 5.32 Å². The third-order valence-corrected chi connectivity index (χ3v) is 3.44. The molecule has 1 atom stereocenters. The second-order valence-electron chi connectivity index (χ2n) is 4.93. The monoisotopic (exact) mass is 245 g/mol. The van der Waals surface area contributed by atoms with Gasteiger partial charge in [-0.2, -0.15) is 0 Å². The molecule has 0 aromatic rings. The van der Waals surface area contributed by atoms with E-state index in [9.17, 15) is 9.90 Å². The van der Waals surface area contributed by atoms with Crippen LogP contribution in [0, 0.1) is 5.92 Å². The van der Waals surface area contributed by atoms with E-state index in [4.69, 9.17) is 5.11 Å². The fourth-order valence-corrected chi connectivity index (χ4v) is 1.68. The van der Waals surface area contributed by atoms with Gasteiger partial charge in [0.1, 0.15) is 0 Å². The third kappa shape index (κ3) is 8.16. The summed E-state index contributed by atoms with van der Waals surface area (Å²) in [6.45, 7) is 7.49. The maximum absolute atomic E-state index is 10.4. The van der Waals surface area contributed by atoms with Crippen LogP contribution in [0.25, 0.3) is 0 Å². The average molecular weight is 245 g/mol. The number of nitrogens with one attached hydrogen (secondary N) is 1. The van der Waals surface area contributed by atoms with Gasteiger partial charge in [-0.25, -0.2) is 0 Å². The molecule has 0 amide bonds. The molecule has 1 unspecified atom stereocenters. The average Bonchev–Trinajstić information content (AvgIpc) is 2.31. The summed E-state index contributed by atoms with van der Waals surface area (Å²) < 4.78 is 0. The van der Waals surface area contributed by atoms with E-state index in [1.54, 1.807) is 0 Å². The van der Waals surface area contributed by atoms with Gasteiger partial charge in [-0.3, -0.25) is 4.79 Å². The number of aliphatic carboxylic acids is 1. The zero-order valence-electron chi connectivity index (χ0n) is 11.3. The van der Waals surface area contributed by atoms with Crippen molar-refractivity contribution in [2.75, 3.05) is 13.1 Å². The van der Waals surface area contributed by atoms with Crippen LogP contribution in [0.4, 0.5) is 0 Å². The van der Waals surface area contributed by atoms with Gasteiger partial charge in [0.25, 0.3) is 0 Å². The van der Waals surface area contributed by atoms with Crippen LogP contribution in [-0.4, -0.2) is 34.9 Å². The second kappa shape index (κ2) is 8.48. The van der Waals surface area contributed by atoms with E-state index in [-0.39, 0.29) is 6.42 Å². The highest BCUT2D eigenvalue weighted by Crippen LogP contribution is 2.13. The fraction of sp³-hybridized carbons (Fsp3) is 0.923. The Hall–Kier alpha value is -0.610. The Morgan fingerprint density at radius 3 is 2.35 bits per heavy atom. The molecule has 0 saturated heterocycles. The Labute approximate surface area is 104 Å². The molecule has 0 heterocycles. The summed E-state index contributed by atoms with van der Waals surface area (Å²) in [5.74, 6) is -0.314.